The molecule has 0 unspecified atom stereocenters. The van der Waals surface area contributed by atoms with Gasteiger partial charge in [0, 0.05) is 12.2 Å². The maximum absolute atomic E-state index is 11.0. The van der Waals surface area contributed by atoms with Crippen LogP contribution in [0.25, 0.3) is 11.1 Å². The lowest BCUT2D eigenvalue weighted by Crippen LogP contribution is -2.01. The largest absolute Gasteiger partial charge is 0.478 e. The molecular weight excluding hydrogens is 322 g/mol. The number of halogens is 1. The molecule has 0 aliphatic carbocycles. The second-order valence-electron chi connectivity index (χ2n) is 5.42. The molecule has 0 aliphatic rings. The minimum atomic E-state index is -1.02. The summed E-state index contributed by atoms with van der Waals surface area (Å²) in [5.41, 5.74) is 4.39. The summed E-state index contributed by atoms with van der Waals surface area (Å²) in [6.07, 6.45) is 0. The molecule has 3 rings (SSSR count). The Morgan fingerprint density at radius 1 is 0.917 bits per heavy atom. The maximum atomic E-state index is 11.0. The number of hydrogen-bond donors (Lipinski definition) is 2. The van der Waals surface area contributed by atoms with E-state index in [2.05, 4.69) is 41.7 Å². The van der Waals surface area contributed by atoms with Gasteiger partial charge in [0.05, 0.1) is 10.6 Å². The van der Waals surface area contributed by atoms with Gasteiger partial charge >= 0.3 is 5.97 Å². The van der Waals surface area contributed by atoms with E-state index in [0.29, 0.717) is 6.54 Å². The van der Waals surface area contributed by atoms with Crippen LogP contribution in [0.4, 0.5) is 5.69 Å². The molecule has 0 aliphatic heterocycles. The number of anilines is 1. The quantitative estimate of drug-likeness (QED) is 0.662. The monoisotopic (exact) mass is 337 g/mol. The lowest BCUT2D eigenvalue weighted by molar-refractivity contribution is 0.0697. The van der Waals surface area contributed by atoms with Crippen LogP contribution in [0.2, 0.25) is 5.02 Å². The predicted molar refractivity (Wildman–Crippen MR) is 97.6 cm³/mol. The molecule has 3 aromatic rings. The Kier molecular flexibility index (Phi) is 4.82. The number of rotatable bonds is 5. The highest BCUT2D eigenvalue weighted by Gasteiger charge is 2.08. The summed E-state index contributed by atoms with van der Waals surface area (Å²) in [5, 5.41) is 12.5. The van der Waals surface area contributed by atoms with Crippen LogP contribution in [0.15, 0.2) is 72.8 Å². The minimum Gasteiger partial charge on any atom is -0.478 e. The molecule has 4 heteroatoms. The topological polar surface area (TPSA) is 49.3 Å². The smallest absolute Gasteiger partial charge is 0.337 e. The molecule has 0 heterocycles. The highest BCUT2D eigenvalue weighted by atomic mass is 35.5. The summed E-state index contributed by atoms with van der Waals surface area (Å²) < 4.78 is 0. The summed E-state index contributed by atoms with van der Waals surface area (Å²) in [6, 6.07) is 23.4. The fourth-order valence-electron chi connectivity index (χ4n) is 2.45. The first-order chi connectivity index (χ1) is 11.6. The van der Waals surface area contributed by atoms with Gasteiger partial charge in [0.1, 0.15) is 0 Å². The summed E-state index contributed by atoms with van der Waals surface area (Å²) >= 11 is 5.97. The van der Waals surface area contributed by atoms with Crippen molar-refractivity contribution >= 4 is 23.3 Å². The SMILES string of the molecule is O=C(O)c1ccc(NCc2ccc(-c3ccccc3)cc2)cc1Cl. The summed E-state index contributed by atoms with van der Waals surface area (Å²) in [5.74, 6) is -1.02. The van der Waals surface area contributed by atoms with Gasteiger partial charge in [0.25, 0.3) is 0 Å². The molecule has 3 aromatic carbocycles. The zero-order valence-electron chi connectivity index (χ0n) is 12.9. The minimum absolute atomic E-state index is 0.106. The van der Waals surface area contributed by atoms with Crippen molar-refractivity contribution in [1.29, 1.82) is 0 Å². The van der Waals surface area contributed by atoms with Crippen molar-refractivity contribution in [2.24, 2.45) is 0 Å². The number of carboxylic acid groups (broad SMARTS) is 1. The van der Waals surface area contributed by atoms with Gasteiger partial charge in [-0.1, -0.05) is 66.2 Å². The molecule has 0 bridgehead atoms. The van der Waals surface area contributed by atoms with Gasteiger partial charge in [-0.05, 0) is 34.9 Å². The van der Waals surface area contributed by atoms with Crippen LogP contribution in [-0.2, 0) is 6.54 Å². The number of aromatic carboxylic acids is 1. The molecule has 24 heavy (non-hydrogen) atoms. The third-order valence-corrected chi connectivity index (χ3v) is 4.07. The van der Waals surface area contributed by atoms with Crippen molar-refractivity contribution < 1.29 is 9.90 Å². The first-order valence-corrected chi connectivity index (χ1v) is 7.92. The van der Waals surface area contributed by atoms with Crippen molar-refractivity contribution in [3.05, 3.63) is 88.9 Å². The molecule has 120 valence electrons. The highest BCUT2D eigenvalue weighted by Crippen LogP contribution is 2.22. The van der Waals surface area contributed by atoms with E-state index in [4.69, 9.17) is 16.7 Å². The van der Waals surface area contributed by atoms with Gasteiger partial charge in [-0.2, -0.15) is 0 Å². The molecule has 0 fully saturated rings. The van der Waals surface area contributed by atoms with Crippen molar-refractivity contribution in [2.45, 2.75) is 6.54 Å². The molecule has 0 saturated heterocycles. The highest BCUT2D eigenvalue weighted by molar-refractivity contribution is 6.33. The van der Waals surface area contributed by atoms with Gasteiger partial charge in [0.15, 0.2) is 0 Å². The van der Waals surface area contributed by atoms with E-state index in [1.807, 2.05) is 18.2 Å². The third-order valence-electron chi connectivity index (χ3n) is 3.76. The number of nitrogens with one attached hydrogen (secondary N) is 1. The van der Waals surface area contributed by atoms with Gasteiger partial charge in [-0.15, -0.1) is 0 Å². The van der Waals surface area contributed by atoms with Crippen molar-refractivity contribution in [1.82, 2.24) is 0 Å². The van der Waals surface area contributed by atoms with Crippen LogP contribution in [0.3, 0.4) is 0 Å². The lowest BCUT2D eigenvalue weighted by Gasteiger charge is -2.09. The van der Waals surface area contributed by atoms with Crippen LogP contribution in [0.5, 0.6) is 0 Å². The number of carboxylic acids is 1. The molecule has 0 radical (unpaired) electrons. The van der Waals surface area contributed by atoms with E-state index in [0.717, 1.165) is 11.3 Å². The zero-order chi connectivity index (χ0) is 16.9. The van der Waals surface area contributed by atoms with Crippen molar-refractivity contribution in [3.63, 3.8) is 0 Å². The van der Waals surface area contributed by atoms with Crippen molar-refractivity contribution in [3.8, 4) is 11.1 Å². The molecule has 0 atom stereocenters. The van der Waals surface area contributed by atoms with Crippen LogP contribution in [-0.4, -0.2) is 11.1 Å². The molecule has 3 nitrogen and oxygen atoms in total. The maximum Gasteiger partial charge on any atom is 0.337 e. The van der Waals surface area contributed by atoms with E-state index in [-0.39, 0.29) is 10.6 Å². The Labute approximate surface area is 145 Å². The Bertz CT molecular complexity index is 845. The van der Waals surface area contributed by atoms with Crippen LogP contribution >= 0.6 is 11.6 Å². The molecule has 0 spiro atoms. The zero-order valence-corrected chi connectivity index (χ0v) is 13.6. The summed E-state index contributed by atoms with van der Waals surface area (Å²) in [7, 11) is 0. The third kappa shape index (κ3) is 3.76. The fraction of sp³-hybridized carbons (Fsp3) is 0.0500. The average molecular weight is 338 g/mol. The van der Waals surface area contributed by atoms with Crippen LogP contribution in [0.1, 0.15) is 15.9 Å². The van der Waals surface area contributed by atoms with E-state index < -0.39 is 5.97 Å². The standard InChI is InChI=1S/C20H16ClNO2/c21-19-12-17(10-11-18(19)20(23)24)22-13-14-6-8-16(9-7-14)15-4-2-1-3-5-15/h1-12,22H,13H2,(H,23,24). The Morgan fingerprint density at radius 2 is 1.58 bits per heavy atom. The Morgan fingerprint density at radius 3 is 2.21 bits per heavy atom. The predicted octanol–water partition coefficient (Wildman–Crippen LogP) is 5.32. The number of carbonyl (C=O) groups is 1. The summed E-state index contributed by atoms with van der Waals surface area (Å²) in [4.78, 5) is 11.0. The molecule has 0 aromatic heterocycles. The molecule has 0 amide bonds. The second kappa shape index (κ2) is 7.20. The second-order valence-corrected chi connectivity index (χ2v) is 5.82. The number of hydrogen-bond acceptors (Lipinski definition) is 2. The first-order valence-electron chi connectivity index (χ1n) is 7.54. The molecule has 2 N–H and O–H groups in total. The van der Waals surface area contributed by atoms with E-state index in [9.17, 15) is 4.79 Å². The first kappa shape index (κ1) is 16.1. The average Bonchev–Trinajstić information content (AvgIpc) is 2.61. The molecule has 0 saturated carbocycles. The van der Waals surface area contributed by atoms with Gasteiger partial charge in [-0.25, -0.2) is 4.79 Å². The normalized spacial score (nSPS) is 10.4. The van der Waals surface area contributed by atoms with Gasteiger partial charge in [0.2, 0.25) is 0 Å². The van der Waals surface area contributed by atoms with E-state index in [1.54, 1.807) is 12.1 Å². The number of benzene rings is 3. The van der Waals surface area contributed by atoms with Crippen LogP contribution in [0, 0.1) is 0 Å². The van der Waals surface area contributed by atoms with E-state index in [1.165, 1.54) is 17.2 Å². The Hall–Kier alpha value is -2.78. The van der Waals surface area contributed by atoms with E-state index >= 15 is 0 Å². The van der Waals surface area contributed by atoms with Gasteiger partial charge < -0.3 is 10.4 Å². The molecular formula is C20H16ClNO2. The summed E-state index contributed by atoms with van der Waals surface area (Å²) in [6.45, 7) is 0.637. The lowest BCUT2D eigenvalue weighted by atomic mass is 10.0. The Balaban J connectivity index is 1.67. The fourth-order valence-corrected chi connectivity index (χ4v) is 2.71. The van der Waals surface area contributed by atoms with Gasteiger partial charge in [-0.3, -0.25) is 0 Å². The van der Waals surface area contributed by atoms with Crippen LogP contribution < -0.4 is 5.32 Å². The van der Waals surface area contributed by atoms with Crippen molar-refractivity contribution in [2.75, 3.05) is 5.32 Å².